The molecule has 29 heavy (non-hydrogen) atoms. The lowest BCUT2D eigenvalue weighted by Crippen LogP contribution is -2.31. The predicted molar refractivity (Wildman–Crippen MR) is 109 cm³/mol. The van der Waals surface area contributed by atoms with E-state index in [1.165, 1.54) is 5.56 Å². The van der Waals surface area contributed by atoms with Crippen LogP contribution in [0.1, 0.15) is 18.4 Å². The van der Waals surface area contributed by atoms with Crippen molar-refractivity contribution < 1.29 is 9.32 Å². The number of aromatic nitrogens is 4. The van der Waals surface area contributed by atoms with Gasteiger partial charge in [-0.3, -0.25) is 9.48 Å². The minimum Gasteiger partial charge on any atom is -0.341 e. The Bertz CT molecular complexity index is 1170. The van der Waals surface area contributed by atoms with Crippen molar-refractivity contribution in [2.75, 3.05) is 13.1 Å². The molecule has 5 rings (SSSR count). The van der Waals surface area contributed by atoms with Crippen LogP contribution in [0.15, 0.2) is 53.1 Å². The highest BCUT2D eigenvalue weighted by Crippen LogP contribution is 2.28. The van der Waals surface area contributed by atoms with Crippen LogP contribution in [0.2, 0.25) is 0 Å². The highest BCUT2D eigenvalue weighted by molar-refractivity contribution is 5.92. The molecule has 4 aromatic rings. The Balaban J connectivity index is 1.50. The summed E-state index contributed by atoms with van der Waals surface area (Å²) in [5.74, 6) is 0.962. The maximum Gasteiger partial charge on any atom is 0.279 e. The van der Waals surface area contributed by atoms with Gasteiger partial charge in [-0.2, -0.15) is 10.1 Å². The molecule has 1 saturated heterocycles. The van der Waals surface area contributed by atoms with Gasteiger partial charge in [0, 0.05) is 24.0 Å². The fourth-order valence-electron chi connectivity index (χ4n) is 3.74. The van der Waals surface area contributed by atoms with Crippen LogP contribution < -0.4 is 0 Å². The van der Waals surface area contributed by atoms with Gasteiger partial charge in [-0.05, 0) is 25.8 Å². The number of amides is 1. The zero-order valence-electron chi connectivity index (χ0n) is 16.2. The molecule has 0 spiro atoms. The third kappa shape index (κ3) is 3.29. The lowest BCUT2D eigenvalue weighted by molar-refractivity contribution is -0.130. The number of carbonyl (C=O) groups is 1. The zero-order chi connectivity index (χ0) is 19.8. The van der Waals surface area contributed by atoms with Crippen LogP contribution in [0.5, 0.6) is 0 Å². The van der Waals surface area contributed by atoms with Crippen LogP contribution in [-0.4, -0.2) is 43.8 Å². The van der Waals surface area contributed by atoms with E-state index in [0.717, 1.165) is 42.4 Å². The lowest BCUT2D eigenvalue weighted by atomic mass is 10.1. The van der Waals surface area contributed by atoms with Crippen molar-refractivity contribution in [1.82, 2.24) is 24.8 Å². The van der Waals surface area contributed by atoms with Gasteiger partial charge in [0.1, 0.15) is 6.54 Å². The lowest BCUT2D eigenvalue weighted by Gasteiger charge is -2.15. The molecule has 1 aliphatic rings. The molecule has 2 aromatic carbocycles. The third-order valence-electron chi connectivity index (χ3n) is 5.34. The largest absolute Gasteiger partial charge is 0.341 e. The second kappa shape index (κ2) is 7.16. The van der Waals surface area contributed by atoms with Gasteiger partial charge in [0.2, 0.25) is 11.7 Å². The highest BCUT2D eigenvalue weighted by Gasteiger charge is 2.22. The summed E-state index contributed by atoms with van der Waals surface area (Å²) < 4.78 is 7.27. The van der Waals surface area contributed by atoms with Gasteiger partial charge in [-0.1, -0.05) is 53.2 Å². The van der Waals surface area contributed by atoms with Crippen molar-refractivity contribution in [2.24, 2.45) is 0 Å². The van der Waals surface area contributed by atoms with Crippen molar-refractivity contribution in [3.63, 3.8) is 0 Å². The van der Waals surface area contributed by atoms with E-state index in [1.54, 1.807) is 4.68 Å². The van der Waals surface area contributed by atoms with Gasteiger partial charge in [0.05, 0.1) is 5.52 Å². The van der Waals surface area contributed by atoms with E-state index in [2.05, 4.69) is 15.2 Å². The molecule has 0 saturated carbocycles. The van der Waals surface area contributed by atoms with Gasteiger partial charge >= 0.3 is 0 Å². The average molecular weight is 387 g/mol. The highest BCUT2D eigenvalue weighted by atomic mass is 16.5. The number of hydrogen-bond acceptors (Lipinski definition) is 5. The number of fused-ring (bicyclic) bond motifs is 1. The quantitative estimate of drug-likeness (QED) is 0.534. The topological polar surface area (TPSA) is 77.0 Å². The maximum atomic E-state index is 12.6. The molecule has 146 valence electrons. The summed E-state index contributed by atoms with van der Waals surface area (Å²) >= 11 is 0. The van der Waals surface area contributed by atoms with Crippen LogP contribution in [0.3, 0.4) is 0 Å². The second-order valence-electron chi connectivity index (χ2n) is 7.40. The Morgan fingerprint density at radius 2 is 1.83 bits per heavy atom. The monoisotopic (exact) mass is 387 g/mol. The Hall–Kier alpha value is -3.48. The SMILES string of the molecule is Cc1ccc(-c2noc(-c3nn(CC(=O)N4CCCC4)c4ccccc34)n2)cc1. The molecule has 7 nitrogen and oxygen atoms in total. The number of aryl methyl sites for hydroxylation is 1. The number of rotatable bonds is 4. The van der Waals surface area contributed by atoms with Crippen LogP contribution in [0, 0.1) is 6.92 Å². The number of para-hydroxylation sites is 1. The zero-order valence-corrected chi connectivity index (χ0v) is 16.2. The van der Waals surface area contributed by atoms with Crippen LogP contribution in [0.4, 0.5) is 0 Å². The molecule has 0 bridgehead atoms. The summed E-state index contributed by atoms with van der Waals surface area (Å²) in [5, 5.41) is 9.68. The van der Waals surface area contributed by atoms with Gasteiger partial charge < -0.3 is 9.42 Å². The Kier molecular flexibility index (Phi) is 4.35. The van der Waals surface area contributed by atoms with Crippen LogP contribution in [0.25, 0.3) is 33.9 Å². The van der Waals surface area contributed by atoms with Gasteiger partial charge in [0.25, 0.3) is 5.89 Å². The summed E-state index contributed by atoms with van der Waals surface area (Å²) in [6.07, 6.45) is 2.14. The summed E-state index contributed by atoms with van der Waals surface area (Å²) in [4.78, 5) is 19.1. The van der Waals surface area contributed by atoms with Crippen molar-refractivity contribution >= 4 is 16.8 Å². The molecule has 1 fully saturated rings. The summed E-state index contributed by atoms with van der Waals surface area (Å²) in [5.41, 5.74) is 3.54. The van der Waals surface area contributed by atoms with E-state index >= 15 is 0 Å². The second-order valence-corrected chi connectivity index (χ2v) is 7.40. The van der Waals surface area contributed by atoms with E-state index in [0.29, 0.717) is 17.4 Å². The van der Waals surface area contributed by atoms with E-state index in [1.807, 2.05) is 60.4 Å². The molecular weight excluding hydrogens is 366 g/mol. The molecule has 0 N–H and O–H groups in total. The Morgan fingerprint density at radius 3 is 2.62 bits per heavy atom. The van der Waals surface area contributed by atoms with Crippen molar-refractivity contribution in [3.8, 4) is 23.0 Å². The fraction of sp³-hybridized carbons (Fsp3) is 0.273. The van der Waals surface area contributed by atoms with Crippen molar-refractivity contribution in [3.05, 3.63) is 54.1 Å². The van der Waals surface area contributed by atoms with E-state index < -0.39 is 0 Å². The van der Waals surface area contributed by atoms with Crippen LogP contribution >= 0.6 is 0 Å². The molecule has 0 unspecified atom stereocenters. The molecule has 0 radical (unpaired) electrons. The number of nitrogens with zero attached hydrogens (tertiary/aromatic N) is 5. The fourth-order valence-corrected chi connectivity index (χ4v) is 3.74. The van der Waals surface area contributed by atoms with Gasteiger partial charge in [0.15, 0.2) is 5.69 Å². The first-order valence-electron chi connectivity index (χ1n) is 9.83. The first-order chi connectivity index (χ1) is 14.2. The minimum atomic E-state index is 0.0909. The predicted octanol–water partition coefficient (Wildman–Crippen LogP) is 3.68. The number of carbonyl (C=O) groups excluding carboxylic acids is 1. The first kappa shape index (κ1) is 17.6. The van der Waals surface area contributed by atoms with Gasteiger partial charge in [-0.15, -0.1) is 0 Å². The molecule has 2 aromatic heterocycles. The van der Waals surface area contributed by atoms with Crippen LogP contribution in [-0.2, 0) is 11.3 Å². The molecule has 1 aliphatic heterocycles. The van der Waals surface area contributed by atoms with Crippen molar-refractivity contribution in [1.29, 1.82) is 0 Å². The molecular formula is C22H21N5O2. The summed E-state index contributed by atoms with van der Waals surface area (Å²) in [6, 6.07) is 15.8. The minimum absolute atomic E-state index is 0.0909. The van der Waals surface area contributed by atoms with Crippen molar-refractivity contribution in [2.45, 2.75) is 26.3 Å². The van der Waals surface area contributed by atoms with E-state index in [4.69, 9.17) is 4.52 Å². The first-order valence-corrected chi connectivity index (χ1v) is 9.83. The Morgan fingerprint density at radius 1 is 1.07 bits per heavy atom. The smallest absolute Gasteiger partial charge is 0.279 e. The molecule has 0 aliphatic carbocycles. The molecule has 3 heterocycles. The normalized spacial score (nSPS) is 14.0. The standard InChI is InChI=1S/C22H21N5O2/c1-15-8-10-16(11-9-15)21-23-22(29-25-21)20-17-6-2-3-7-18(17)27(24-20)14-19(28)26-12-4-5-13-26/h2-3,6-11H,4-5,12-14H2,1H3. The summed E-state index contributed by atoms with van der Waals surface area (Å²) in [6.45, 7) is 3.90. The number of likely N-dealkylation sites (tertiary alicyclic amines) is 1. The van der Waals surface area contributed by atoms with E-state index in [9.17, 15) is 4.79 Å². The Labute approximate surface area is 167 Å². The molecule has 7 heteroatoms. The maximum absolute atomic E-state index is 12.6. The van der Waals surface area contributed by atoms with E-state index in [-0.39, 0.29) is 12.5 Å². The average Bonchev–Trinajstić information content (AvgIpc) is 3.49. The molecule has 1 amide bonds. The molecule has 0 atom stereocenters. The number of hydrogen-bond donors (Lipinski definition) is 0. The third-order valence-corrected chi connectivity index (χ3v) is 5.34. The summed E-state index contributed by atoms with van der Waals surface area (Å²) in [7, 11) is 0. The van der Waals surface area contributed by atoms with Gasteiger partial charge in [-0.25, -0.2) is 0 Å². The number of benzene rings is 2.